The molecule has 4 aliphatic rings. The van der Waals surface area contributed by atoms with E-state index >= 15 is 0 Å². The van der Waals surface area contributed by atoms with E-state index in [9.17, 15) is 4.79 Å². The van der Waals surface area contributed by atoms with Crippen LogP contribution in [0.25, 0.3) is 11.0 Å². The van der Waals surface area contributed by atoms with Crippen molar-refractivity contribution in [3.05, 3.63) is 59.9 Å². The largest absolute Gasteiger partial charge is 0.492 e. The molecule has 7 rings (SSSR count). The number of carbonyl (C=O) groups is 1. The molecule has 4 bridgehead atoms. The average Bonchev–Trinajstić information content (AvgIpc) is 3.20. The van der Waals surface area contributed by atoms with Crippen molar-refractivity contribution in [2.75, 3.05) is 13.2 Å². The number of para-hydroxylation sites is 2. The Balaban J connectivity index is 1.09. The van der Waals surface area contributed by atoms with Gasteiger partial charge in [0.05, 0.1) is 17.6 Å². The molecule has 2 aromatic carbocycles. The third-order valence-corrected chi connectivity index (χ3v) is 9.19. The molecule has 4 saturated carbocycles. The molecule has 0 unspecified atom stereocenters. The van der Waals surface area contributed by atoms with Gasteiger partial charge in [-0.2, -0.15) is 0 Å². The topological polar surface area (TPSA) is 56.1 Å². The number of imidazole rings is 1. The first kappa shape index (κ1) is 24.5. The van der Waals surface area contributed by atoms with Gasteiger partial charge in [-0.25, -0.2) is 4.98 Å². The quantitative estimate of drug-likeness (QED) is 0.396. The Kier molecular flexibility index (Phi) is 6.29. The van der Waals surface area contributed by atoms with E-state index < -0.39 is 0 Å². The standard InChI is InChI=1S/C32H41N3O2/c1-31(2,3)25-8-10-26(11-9-25)37-15-14-35-28-7-5-4-6-27(28)34-29(35)12-13-33-30(36)32-19-22-16-23(20-32)18-24(17-22)21-32/h4-11,22-24H,12-21H2,1-3H3,(H,33,36). The predicted octanol–water partition coefficient (Wildman–Crippen LogP) is 6.29. The lowest BCUT2D eigenvalue weighted by molar-refractivity contribution is -0.146. The number of carbonyl (C=O) groups excluding carboxylic acids is 1. The second-order valence-electron chi connectivity index (χ2n) is 13.0. The molecule has 0 saturated heterocycles. The molecule has 5 heteroatoms. The molecule has 1 heterocycles. The maximum atomic E-state index is 13.4. The summed E-state index contributed by atoms with van der Waals surface area (Å²) in [5, 5.41) is 3.34. The van der Waals surface area contributed by atoms with Crippen LogP contribution in [0.4, 0.5) is 0 Å². The molecule has 37 heavy (non-hydrogen) atoms. The van der Waals surface area contributed by atoms with Crippen LogP contribution in [-0.4, -0.2) is 28.6 Å². The highest BCUT2D eigenvalue weighted by atomic mass is 16.5. The Morgan fingerprint density at radius 3 is 2.30 bits per heavy atom. The molecular formula is C32H41N3O2. The number of hydrogen-bond donors (Lipinski definition) is 1. The van der Waals surface area contributed by atoms with E-state index in [-0.39, 0.29) is 10.8 Å². The van der Waals surface area contributed by atoms with Crippen molar-refractivity contribution in [1.82, 2.24) is 14.9 Å². The summed E-state index contributed by atoms with van der Waals surface area (Å²) in [6.07, 6.45) is 8.14. The molecule has 1 amide bonds. The zero-order valence-electron chi connectivity index (χ0n) is 22.6. The zero-order chi connectivity index (χ0) is 25.6. The Bertz CT molecular complexity index is 1230. The van der Waals surface area contributed by atoms with Crippen LogP contribution >= 0.6 is 0 Å². The minimum absolute atomic E-state index is 0.0920. The number of fused-ring (bicyclic) bond motifs is 1. The molecule has 3 aromatic rings. The molecular weight excluding hydrogens is 458 g/mol. The molecule has 5 nitrogen and oxygen atoms in total. The number of hydrogen-bond acceptors (Lipinski definition) is 3. The highest BCUT2D eigenvalue weighted by Crippen LogP contribution is 2.60. The Morgan fingerprint density at radius 1 is 1.00 bits per heavy atom. The molecule has 0 aliphatic heterocycles. The van der Waals surface area contributed by atoms with Gasteiger partial charge in [0.1, 0.15) is 18.2 Å². The summed E-state index contributed by atoms with van der Waals surface area (Å²) in [6, 6.07) is 16.7. The predicted molar refractivity (Wildman–Crippen MR) is 148 cm³/mol. The summed E-state index contributed by atoms with van der Waals surface area (Å²) in [5.74, 6) is 4.55. The van der Waals surface area contributed by atoms with Crippen LogP contribution in [-0.2, 0) is 23.2 Å². The van der Waals surface area contributed by atoms with Crippen molar-refractivity contribution >= 4 is 16.9 Å². The highest BCUT2D eigenvalue weighted by Gasteiger charge is 2.54. The van der Waals surface area contributed by atoms with Gasteiger partial charge in [-0.05, 0) is 91.5 Å². The lowest BCUT2D eigenvalue weighted by atomic mass is 9.49. The van der Waals surface area contributed by atoms with Gasteiger partial charge < -0.3 is 14.6 Å². The van der Waals surface area contributed by atoms with E-state index in [2.05, 4.69) is 73.1 Å². The molecule has 1 aromatic heterocycles. The molecule has 0 spiro atoms. The Morgan fingerprint density at radius 2 is 1.65 bits per heavy atom. The lowest BCUT2D eigenvalue weighted by Gasteiger charge is -2.55. The fourth-order valence-corrected chi connectivity index (χ4v) is 7.74. The fraction of sp³-hybridized carbons (Fsp3) is 0.562. The number of benzene rings is 2. The van der Waals surface area contributed by atoms with E-state index in [1.165, 1.54) is 24.8 Å². The van der Waals surface area contributed by atoms with Crippen molar-refractivity contribution in [3.8, 4) is 5.75 Å². The highest BCUT2D eigenvalue weighted by molar-refractivity contribution is 5.83. The first-order chi connectivity index (χ1) is 17.8. The van der Waals surface area contributed by atoms with Gasteiger partial charge in [-0.1, -0.05) is 45.0 Å². The second-order valence-corrected chi connectivity index (χ2v) is 13.0. The number of nitrogens with zero attached hydrogens (tertiary/aromatic N) is 2. The van der Waals surface area contributed by atoms with E-state index in [1.807, 2.05) is 6.07 Å². The van der Waals surface area contributed by atoms with Crippen LogP contribution in [0.5, 0.6) is 5.75 Å². The van der Waals surface area contributed by atoms with Gasteiger partial charge in [0.2, 0.25) is 5.91 Å². The summed E-state index contributed by atoms with van der Waals surface area (Å²) in [7, 11) is 0. The maximum absolute atomic E-state index is 13.4. The summed E-state index contributed by atoms with van der Waals surface area (Å²) in [4.78, 5) is 18.3. The molecule has 4 fully saturated rings. The summed E-state index contributed by atoms with van der Waals surface area (Å²) >= 11 is 0. The molecule has 196 valence electrons. The van der Waals surface area contributed by atoms with Crippen molar-refractivity contribution in [3.63, 3.8) is 0 Å². The zero-order valence-corrected chi connectivity index (χ0v) is 22.6. The van der Waals surface area contributed by atoms with E-state index in [1.54, 1.807) is 0 Å². The summed E-state index contributed by atoms with van der Waals surface area (Å²) in [6.45, 7) is 8.60. The third kappa shape index (κ3) is 4.89. The van der Waals surface area contributed by atoms with E-state index in [0.717, 1.165) is 72.6 Å². The fourth-order valence-electron chi connectivity index (χ4n) is 7.74. The van der Waals surface area contributed by atoms with Gasteiger partial charge in [0, 0.05) is 18.4 Å². The van der Waals surface area contributed by atoms with Crippen LogP contribution in [0.1, 0.15) is 70.7 Å². The van der Waals surface area contributed by atoms with Crippen molar-refractivity contribution in [2.45, 2.75) is 77.7 Å². The minimum atomic E-state index is -0.0920. The number of amides is 1. The van der Waals surface area contributed by atoms with Gasteiger partial charge in [0.25, 0.3) is 0 Å². The van der Waals surface area contributed by atoms with Crippen molar-refractivity contribution in [2.24, 2.45) is 23.2 Å². The van der Waals surface area contributed by atoms with Crippen LogP contribution in [0.3, 0.4) is 0 Å². The van der Waals surface area contributed by atoms with Crippen LogP contribution in [0.2, 0.25) is 0 Å². The molecule has 1 N–H and O–H groups in total. The second kappa shape index (κ2) is 9.49. The Labute approximate surface area is 221 Å². The molecule has 4 aliphatic carbocycles. The minimum Gasteiger partial charge on any atom is -0.492 e. The number of nitrogens with one attached hydrogen (secondary N) is 1. The first-order valence-corrected chi connectivity index (χ1v) is 14.2. The van der Waals surface area contributed by atoms with Crippen LogP contribution in [0.15, 0.2) is 48.5 Å². The van der Waals surface area contributed by atoms with Crippen LogP contribution < -0.4 is 10.1 Å². The van der Waals surface area contributed by atoms with Gasteiger partial charge in [0.15, 0.2) is 0 Å². The normalized spacial score (nSPS) is 26.5. The lowest BCUT2D eigenvalue weighted by Crippen LogP contribution is -2.53. The number of rotatable bonds is 8. The van der Waals surface area contributed by atoms with E-state index in [0.29, 0.717) is 19.1 Å². The third-order valence-electron chi connectivity index (χ3n) is 9.19. The van der Waals surface area contributed by atoms with E-state index in [4.69, 9.17) is 9.72 Å². The molecule has 0 radical (unpaired) electrons. The SMILES string of the molecule is CC(C)(C)c1ccc(OCCn2c(CCNC(=O)C34CC5CC(CC(C5)C3)C4)nc3ccccc32)cc1. The van der Waals surface area contributed by atoms with Gasteiger partial charge >= 0.3 is 0 Å². The van der Waals surface area contributed by atoms with Crippen LogP contribution in [0, 0.1) is 23.2 Å². The number of ether oxygens (including phenoxy) is 1. The van der Waals surface area contributed by atoms with Crippen molar-refractivity contribution in [1.29, 1.82) is 0 Å². The Hall–Kier alpha value is -2.82. The molecule has 0 atom stereocenters. The summed E-state index contributed by atoms with van der Waals surface area (Å²) < 4.78 is 8.37. The average molecular weight is 500 g/mol. The monoisotopic (exact) mass is 499 g/mol. The van der Waals surface area contributed by atoms with Crippen molar-refractivity contribution < 1.29 is 9.53 Å². The van der Waals surface area contributed by atoms with Gasteiger partial charge in [-0.3, -0.25) is 4.79 Å². The first-order valence-electron chi connectivity index (χ1n) is 14.2. The summed E-state index contributed by atoms with van der Waals surface area (Å²) in [5.41, 5.74) is 3.47. The smallest absolute Gasteiger partial charge is 0.226 e. The maximum Gasteiger partial charge on any atom is 0.226 e. The van der Waals surface area contributed by atoms with Gasteiger partial charge in [-0.15, -0.1) is 0 Å². The number of aromatic nitrogens is 2.